The SMILES string of the molecule is CN(C)S(=O)(=O)c1ccccc1CNC(=O)NCc1cnn(C)c1. The average molecular weight is 351 g/mol. The number of aromatic nitrogens is 2. The number of hydrogen-bond acceptors (Lipinski definition) is 4. The van der Waals surface area contributed by atoms with Gasteiger partial charge in [0.05, 0.1) is 11.1 Å². The lowest BCUT2D eigenvalue weighted by Gasteiger charge is -2.15. The average Bonchev–Trinajstić information content (AvgIpc) is 2.96. The van der Waals surface area contributed by atoms with E-state index in [2.05, 4.69) is 15.7 Å². The van der Waals surface area contributed by atoms with Crippen LogP contribution in [0.25, 0.3) is 0 Å². The maximum Gasteiger partial charge on any atom is 0.315 e. The number of nitrogens with zero attached hydrogens (tertiary/aromatic N) is 3. The summed E-state index contributed by atoms with van der Waals surface area (Å²) in [6.07, 6.45) is 3.47. The van der Waals surface area contributed by atoms with Crippen LogP contribution in [0.3, 0.4) is 0 Å². The molecule has 0 spiro atoms. The number of rotatable bonds is 6. The number of nitrogens with one attached hydrogen (secondary N) is 2. The Morgan fingerprint density at radius 3 is 2.50 bits per heavy atom. The van der Waals surface area contributed by atoms with Crippen molar-refractivity contribution in [3.8, 4) is 0 Å². The van der Waals surface area contributed by atoms with Crippen LogP contribution in [-0.4, -0.2) is 42.6 Å². The smallest absolute Gasteiger partial charge is 0.315 e. The maximum absolute atomic E-state index is 12.3. The van der Waals surface area contributed by atoms with Crippen molar-refractivity contribution < 1.29 is 13.2 Å². The molecular formula is C15H21N5O3S. The quantitative estimate of drug-likeness (QED) is 0.799. The van der Waals surface area contributed by atoms with E-state index in [0.717, 1.165) is 9.87 Å². The molecule has 0 aliphatic rings. The fraction of sp³-hybridized carbons (Fsp3) is 0.333. The predicted molar refractivity (Wildman–Crippen MR) is 89.6 cm³/mol. The fourth-order valence-corrected chi connectivity index (χ4v) is 3.20. The zero-order valence-corrected chi connectivity index (χ0v) is 14.7. The van der Waals surface area contributed by atoms with Gasteiger partial charge in [-0.1, -0.05) is 18.2 Å². The lowest BCUT2D eigenvalue weighted by Crippen LogP contribution is -2.35. The van der Waals surface area contributed by atoms with Gasteiger partial charge >= 0.3 is 6.03 Å². The number of benzene rings is 1. The van der Waals surface area contributed by atoms with Crippen molar-refractivity contribution in [2.75, 3.05) is 14.1 Å². The first-order chi connectivity index (χ1) is 11.3. The van der Waals surface area contributed by atoms with E-state index >= 15 is 0 Å². The number of sulfonamides is 1. The third-order valence-electron chi connectivity index (χ3n) is 3.38. The molecule has 24 heavy (non-hydrogen) atoms. The lowest BCUT2D eigenvalue weighted by atomic mass is 10.2. The zero-order chi connectivity index (χ0) is 17.7. The van der Waals surface area contributed by atoms with Crippen molar-refractivity contribution in [1.82, 2.24) is 24.7 Å². The summed E-state index contributed by atoms with van der Waals surface area (Å²) in [7, 11) is 1.18. The highest BCUT2D eigenvalue weighted by Crippen LogP contribution is 2.18. The summed E-state index contributed by atoms with van der Waals surface area (Å²) in [5, 5.41) is 9.38. The summed E-state index contributed by atoms with van der Waals surface area (Å²) in [6, 6.07) is 6.22. The van der Waals surface area contributed by atoms with Gasteiger partial charge in [0.25, 0.3) is 0 Å². The van der Waals surface area contributed by atoms with Crippen molar-refractivity contribution >= 4 is 16.1 Å². The number of aryl methyl sites for hydroxylation is 1. The Hall–Kier alpha value is -2.39. The number of amides is 2. The Labute approximate surface area is 141 Å². The van der Waals surface area contributed by atoms with Crippen LogP contribution in [0.15, 0.2) is 41.6 Å². The van der Waals surface area contributed by atoms with E-state index in [-0.39, 0.29) is 17.5 Å². The molecule has 130 valence electrons. The molecule has 0 atom stereocenters. The van der Waals surface area contributed by atoms with Gasteiger partial charge in [0.1, 0.15) is 0 Å². The maximum atomic E-state index is 12.3. The highest BCUT2D eigenvalue weighted by atomic mass is 32.2. The summed E-state index contributed by atoms with van der Waals surface area (Å²) in [6.45, 7) is 0.458. The second kappa shape index (κ2) is 7.45. The Balaban J connectivity index is 1.98. The van der Waals surface area contributed by atoms with Crippen LogP contribution in [-0.2, 0) is 30.2 Å². The van der Waals surface area contributed by atoms with Crippen LogP contribution in [0.4, 0.5) is 4.79 Å². The third kappa shape index (κ3) is 4.33. The fourth-order valence-electron chi connectivity index (χ4n) is 2.08. The molecule has 0 bridgehead atoms. The Kier molecular flexibility index (Phi) is 5.58. The molecule has 2 N–H and O–H groups in total. The highest BCUT2D eigenvalue weighted by molar-refractivity contribution is 7.89. The monoisotopic (exact) mass is 351 g/mol. The largest absolute Gasteiger partial charge is 0.334 e. The minimum absolute atomic E-state index is 0.113. The molecule has 1 heterocycles. The van der Waals surface area contributed by atoms with Crippen molar-refractivity contribution in [2.24, 2.45) is 7.05 Å². The number of hydrogen-bond donors (Lipinski definition) is 2. The summed E-state index contributed by atoms with van der Waals surface area (Å²) in [5.41, 5.74) is 1.41. The van der Waals surface area contributed by atoms with E-state index in [9.17, 15) is 13.2 Å². The molecule has 0 fully saturated rings. The first kappa shape index (κ1) is 18.0. The van der Waals surface area contributed by atoms with E-state index < -0.39 is 10.0 Å². The summed E-state index contributed by atoms with van der Waals surface area (Å²) in [4.78, 5) is 12.1. The molecule has 0 saturated carbocycles. The first-order valence-corrected chi connectivity index (χ1v) is 8.74. The van der Waals surface area contributed by atoms with Crippen molar-refractivity contribution in [3.05, 3.63) is 47.8 Å². The lowest BCUT2D eigenvalue weighted by molar-refractivity contribution is 0.240. The second-order valence-electron chi connectivity index (χ2n) is 5.45. The summed E-state index contributed by atoms with van der Waals surface area (Å²) < 4.78 is 27.4. The molecule has 8 nitrogen and oxygen atoms in total. The normalized spacial score (nSPS) is 11.5. The molecule has 2 rings (SSSR count). The molecule has 0 saturated heterocycles. The molecule has 0 radical (unpaired) electrons. The van der Waals surface area contributed by atoms with Crippen LogP contribution >= 0.6 is 0 Å². The van der Waals surface area contributed by atoms with Gasteiger partial charge in [-0.15, -0.1) is 0 Å². The number of urea groups is 1. The molecule has 1 aromatic carbocycles. The van der Waals surface area contributed by atoms with E-state index in [1.165, 1.54) is 20.2 Å². The second-order valence-corrected chi connectivity index (χ2v) is 7.57. The Morgan fingerprint density at radius 2 is 1.88 bits per heavy atom. The highest BCUT2D eigenvalue weighted by Gasteiger charge is 2.20. The number of carbonyl (C=O) groups excluding carboxylic acids is 1. The Morgan fingerprint density at radius 1 is 1.21 bits per heavy atom. The van der Waals surface area contributed by atoms with Gasteiger partial charge in [0.2, 0.25) is 10.0 Å². The van der Waals surface area contributed by atoms with Gasteiger partial charge < -0.3 is 10.6 Å². The van der Waals surface area contributed by atoms with Crippen LogP contribution < -0.4 is 10.6 Å². The van der Waals surface area contributed by atoms with E-state index in [4.69, 9.17) is 0 Å². The van der Waals surface area contributed by atoms with Gasteiger partial charge in [-0.3, -0.25) is 4.68 Å². The van der Waals surface area contributed by atoms with Gasteiger partial charge in [0.15, 0.2) is 0 Å². The molecule has 0 unspecified atom stereocenters. The van der Waals surface area contributed by atoms with Gasteiger partial charge in [0, 0.05) is 46.0 Å². The molecule has 0 aliphatic carbocycles. The standard InChI is InChI=1S/C15H21N5O3S/c1-19(2)24(22,23)14-7-5-4-6-13(14)10-17-15(21)16-8-12-9-18-20(3)11-12/h4-7,9,11H,8,10H2,1-3H3,(H2,16,17,21). The van der Waals surface area contributed by atoms with Crippen molar-refractivity contribution in [1.29, 1.82) is 0 Å². The van der Waals surface area contributed by atoms with Crippen LogP contribution in [0.5, 0.6) is 0 Å². The molecule has 9 heteroatoms. The minimum atomic E-state index is -3.56. The third-order valence-corrected chi connectivity index (χ3v) is 5.30. The van der Waals surface area contributed by atoms with E-state index in [0.29, 0.717) is 12.1 Å². The predicted octanol–water partition coefficient (Wildman–Crippen LogP) is 0.670. The summed E-state index contributed by atoms with van der Waals surface area (Å²) in [5.74, 6) is 0. The Bertz CT molecular complexity index is 814. The summed E-state index contributed by atoms with van der Waals surface area (Å²) >= 11 is 0. The van der Waals surface area contributed by atoms with Crippen LogP contribution in [0.2, 0.25) is 0 Å². The van der Waals surface area contributed by atoms with Crippen LogP contribution in [0.1, 0.15) is 11.1 Å². The van der Waals surface area contributed by atoms with E-state index in [1.54, 1.807) is 42.3 Å². The number of carbonyl (C=O) groups is 1. The zero-order valence-electron chi connectivity index (χ0n) is 13.9. The van der Waals surface area contributed by atoms with Gasteiger partial charge in [-0.05, 0) is 11.6 Å². The first-order valence-electron chi connectivity index (χ1n) is 7.30. The van der Waals surface area contributed by atoms with Crippen molar-refractivity contribution in [3.63, 3.8) is 0 Å². The molecule has 2 aromatic rings. The topological polar surface area (TPSA) is 96.3 Å². The van der Waals surface area contributed by atoms with Crippen LogP contribution in [0, 0.1) is 0 Å². The van der Waals surface area contributed by atoms with Crippen molar-refractivity contribution in [2.45, 2.75) is 18.0 Å². The minimum Gasteiger partial charge on any atom is -0.334 e. The molecule has 0 aliphatic heterocycles. The molecule has 2 amide bonds. The van der Waals surface area contributed by atoms with Gasteiger partial charge in [-0.25, -0.2) is 17.5 Å². The molecular weight excluding hydrogens is 330 g/mol. The van der Waals surface area contributed by atoms with Gasteiger partial charge in [-0.2, -0.15) is 5.10 Å². The van der Waals surface area contributed by atoms with E-state index in [1.807, 2.05) is 0 Å². The molecule has 1 aromatic heterocycles.